The Kier molecular flexibility index (Phi) is 6.56. The predicted octanol–water partition coefficient (Wildman–Crippen LogP) is 9.78. The van der Waals surface area contributed by atoms with Crippen LogP contribution in [0.5, 0.6) is 0 Å². The molecular weight excluding hydrogens is 570 g/mol. The van der Waals surface area contributed by atoms with Crippen molar-refractivity contribution >= 4 is 31.9 Å². The van der Waals surface area contributed by atoms with Crippen molar-refractivity contribution in [1.82, 2.24) is 4.90 Å². The smallest absolute Gasteiger partial charge is 0.0413 e. The zero-order valence-electron chi connectivity index (χ0n) is 21.9. The molecule has 1 aliphatic rings. The molecule has 0 aliphatic carbocycles. The second-order valence-corrected chi connectivity index (χ2v) is 12.9. The largest absolute Gasteiger partial charge is 0.288 e. The van der Waals surface area contributed by atoms with E-state index in [1.165, 1.54) is 44.5 Å². The maximum Gasteiger partial charge on any atom is 0.0413 e. The molecule has 0 spiro atoms. The molecule has 0 bridgehead atoms. The lowest BCUT2D eigenvalue weighted by Crippen LogP contribution is -2.42. The maximum atomic E-state index is 3.60. The van der Waals surface area contributed by atoms with Crippen LogP contribution in [0.4, 0.5) is 0 Å². The van der Waals surface area contributed by atoms with Crippen LogP contribution < -0.4 is 0 Å². The van der Waals surface area contributed by atoms with E-state index in [2.05, 4.69) is 163 Å². The Balaban J connectivity index is 1.58. The molecule has 36 heavy (non-hydrogen) atoms. The van der Waals surface area contributed by atoms with Crippen LogP contribution in [0.15, 0.2) is 93.9 Å². The minimum absolute atomic E-state index is 0.00189. The summed E-state index contributed by atoms with van der Waals surface area (Å²) in [6, 6.07) is 31.5. The van der Waals surface area contributed by atoms with Gasteiger partial charge in [0.15, 0.2) is 0 Å². The molecule has 1 heterocycles. The Labute approximate surface area is 232 Å². The van der Waals surface area contributed by atoms with E-state index in [-0.39, 0.29) is 17.0 Å². The number of rotatable bonds is 4. The molecular formula is C33H33Br2N. The van der Waals surface area contributed by atoms with E-state index >= 15 is 0 Å². The summed E-state index contributed by atoms with van der Waals surface area (Å²) >= 11 is 7.19. The van der Waals surface area contributed by atoms with Crippen LogP contribution in [0.3, 0.4) is 0 Å². The van der Waals surface area contributed by atoms with E-state index in [1.807, 2.05) is 0 Å². The summed E-state index contributed by atoms with van der Waals surface area (Å²) in [5.74, 6) is 0.175. The van der Waals surface area contributed by atoms with E-state index in [0.717, 1.165) is 8.95 Å². The van der Waals surface area contributed by atoms with Gasteiger partial charge in [0.05, 0.1) is 0 Å². The maximum absolute atomic E-state index is 3.60. The monoisotopic (exact) mass is 601 g/mol. The zero-order valence-corrected chi connectivity index (χ0v) is 25.0. The summed E-state index contributed by atoms with van der Waals surface area (Å²) in [7, 11) is 2.24. The normalized spacial score (nSPS) is 16.4. The Morgan fingerprint density at radius 1 is 0.611 bits per heavy atom. The minimum atomic E-state index is -0.00189. The van der Waals surface area contributed by atoms with Crippen LogP contribution in [0.1, 0.15) is 67.0 Å². The van der Waals surface area contributed by atoms with Crippen molar-refractivity contribution in [3.05, 3.63) is 127 Å². The Bertz CT molecular complexity index is 1370. The average Bonchev–Trinajstić information content (AvgIpc) is 2.99. The van der Waals surface area contributed by atoms with Gasteiger partial charge in [-0.15, -0.1) is 0 Å². The first-order chi connectivity index (χ1) is 17.0. The van der Waals surface area contributed by atoms with Crippen molar-refractivity contribution in [2.24, 2.45) is 0 Å². The molecule has 0 aromatic heterocycles. The summed E-state index contributed by atoms with van der Waals surface area (Å²) in [6.45, 7) is 11.6. The van der Waals surface area contributed by atoms with E-state index in [1.54, 1.807) is 0 Å². The van der Waals surface area contributed by atoms with Gasteiger partial charge in [0.1, 0.15) is 0 Å². The van der Waals surface area contributed by atoms with E-state index in [0.29, 0.717) is 0 Å². The highest BCUT2D eigenvalue weighted by molar-refractivity contribution is 9.10. The molecule has 1 aliphatic heterocycles. The van der Waals surface area contributed by atoms with Crippen molar-refractivity contribution in [1.29, 1.82) is 0 Å². The van der Waals surface area contributed by atoms with E-state index in [9.17, 15) is 0 Å². The summed E-state index contributed by atoms with van der Waals surface area (Å²) in [5.41, 5.74) is 10.7. The van der Waals surface area contributed by atoms with Crippen molar-refractivity contribution in [3.8, 4) is 11.1 Å². The van der Waals surface area contributed by atoms with E-state index < -0.39 is 0 Å². The van der Waals surface area contributed by atoms with Gasteiger partial charge in [0, 0.05) is 25.9 Å². The average molecular weight is 603 g/mol. The minimum Gasteiger partial charge on any atom is -0.288 e. The molecule has 5 rings (SSSR count). The fourth-order valence-corrected chi connectivity index (χ4v) is 6.39. The molecule has 0 N–H and O–H groups in total. The lowest BCUT2D eigenvalue weighted by Gasteiger charge is -2.37. The van der Waals surface area contributed by atoms with Crippen molar-refractivity contribution < 1.29 is 0 Å². The molecule has 0 atom stereocenters. The third kappa shape index (κ3) is 4.30. The number of benzene rings is 4. The third-order valence-corrected chi connectivity index (χ3v) is 9.39. The number of hydrogen-bond acceptors (Lipinski definition) is 1. The Hall–Kier alpha value is -2.20. The second kappa shape index (κ2) is 9.28. The summed E-state index contributed by atoms with van der Waals surface area (Å²) in [6.07, 6.45) is 0. The second-order valence-electron chi connectivity index (χ2n) is 11.0. The van der Waals surface area contributed by atoms with Gasteiger partial charge in [-0.05, 0) is 117 Å². The van der Waals surface area contributed by atoms with Gasteiger partial charge >= 0.3 is 0 Å². The molecule has 4 aromatic carbocycles. The van der Waals surface area contributed by atoms with Gasteiger partial charge in [0.2, 0.25) is 0 Å². The summed E-state index contributed by atoms with van der Waals surface area (Å²) < 4.78 is 2.20. The van der Waals surface area contributed by atoms with Crippen molar-refractivity contribution in [3.63, 3.8) is 0 Å². The quantitative estimate of drug-likeness (QED) is 0.210. The first kappa shape index (κ1) is 25.4. The number of aryl methyl sites for hydroxylation is 1. The van der Waals surface area contributed by atoms with Crippen LogP contribution in [0.25, 0.3) is 11.1 Å². The molecule has 1 nitrogen and oxygen atoms in total. The van der Waals surface area contributed by atoms with Gasteiger partial charge in [-0.3, -0.25) is 4.90 Å². The number of nitrogens with zero attached hydrogens (tertiary/aromatic N) is 1. The van der Waals surface area contributed by atoms with Crippen LogP contribution in [0, 0.1) is 6.92 Å². The van der Waals surface area contributed by atoms with Gasteiger partial charge in [-0.25, -0.2) is 0 Å². The molecule has 0 saturated carbocycles. The topological polar surface area (TPSA) is 3.24 Å². The zero-order chi connectivity index (χ0) is 25.8. The van der Waals surface area contributed by atoms with Crippen molar-refractivity contribution in [2.75, 3.05) is 7.05 Å². The highest BCUT2D eigenvalue weighted by Gasteiger charge is 2.46. The van der Waals surface area contributed by atoms with Gasteiger partial charge < -0.3 is 0 Å². The number of halogens is 2. The molecule has 0 fully saturated rings. The fourth-order valence-electron chi connectivity index (χ4n) is 5.86. The number of fused-ring (bicyclic) bond motifs is 1. The SMILES string of the molecule is Cc1cc(-c2ccc3c(c2)C(C)(C)N(C)C3(C)C)ccc1C(c1ccc(Br)cc1)c1ccc(Br)cc1. The standard InChI is InChI=1S/C33H33Br2N/c1-21-19-24(25-12-18-29-30(20-25)33(4,5)36(6)32(29,2)3)11-17-28(21)31(22-7-13-26(34)14-8-22)23-9-15-27(35)16-10-23/h7-20,31H,1-6H3. The third-order valence-electron chi connectivity index (χ3n) is 8.34. The predicted molar refractivity (Wildman–Crippen MR) is 160 cm³/mol. The molecule has 184 valence electrons. The molecule has 0 radical (unpaired) electrons. The van der Waals surface area contributed by atoms with E-state index in [4.69, 9.17) is 0 Å². The highest BCUT2D eigenvalue weighted by atomic mass is 79.9. The summed E-state index contributed by atoms with van der Waals surface area (Å²) in [4.78, 5) is 2.49. The highest BCUT2D eigenvalue weighted by Crippen LogP contribution is 2.49. The lowest BCUT2D eigenvalue weighted by atomic mass is 9.82. The van der Waals surface area contributed by atoms with Crippen LogP contribution in [0.2, 0.25) is 0 Å². The summed E-state index contributed by atoms with van der Waals surface area (Å²) in [5, 5.41) is 0. The van der Waals surface area contributed by atoms with Crippen molar-refractivity contribution in [2.45, 2.75) is 51.6 Å². The Morgan fingerprint density at radius 2 is 1.08 bits per heavy atom. The Morgan fingerprint density at radius 3 is 1.61 bits per heavy atom. The molecule has 0 unspecified atom stereocenters. The van der Waals surface area contributed by atoms with Gasteiger partial charge in [-0.2, -0.15) is 0 Å². The molecule has 4 aromatic rings. The van der Waals surface area contributed by atoms with Crippen LogP contribution in [-0.4, -0.2) is 11.9 Å². The van der Waals surface area contributed by atoms with Gasteiger partial charge in [0.25, 0.3) is 0 Å². The number of hydrogen-bond donors (Lipinski definition) is 0. The first-order valence-electron chi connectivity index (χ1n) is 12.5. The molecule has 0 saturated heterocycles. The lowest BCUT2D eigenvalue weighted by molar-refractivity contribution is 0.0730. The molecule has 3 heteroatoms. The van der Waals surface area contributed by atoms with Crippen LogP contribution in [-0.2, 0) is 11.1 Å². The van der Waals surface area contributed by atoms with Gasteiger partial charge in [-0.1, -0.05) is 86.5 Å². The van der Waals surface area contributed by atoms with Crippen LogP contribution >= 0.6 is 31.9 Å². The molecule has 0 amide bonds. The first-order valence-corrected chi connectivity index (χ1v) is 14.1. The fraction of sp³-hybridized carbons (Fsp3) is 0.273.